The van der Waals surface area contributed by atoms with Gasteiger partial charge >= 0.3 is 0 Å². The summed E-state index contributed by atoms with van der Waals surface area (Å²) in [5.41, 5.74) is 10.3. The van der Waals surface area contributed by atoms with Crippen molar-refractivity contribution in [1.29, 1.82) is 5.26 Å². The molecule has 24 heteroatoms. The number of aliphatic hydroxyl groups excluding tert-OH is 1. The Morgan fingerprint density at radius 2 is 0.694 bits per heavy atom. The van der Waals surface area contributed by atoms with E-state index in [0.29, 0.717) is 56.0 Å². The van der Waals surface area contributed by atoms with Gasteiger partial charge in [-0.2, -0.15) is 5.26 Å². The van der Waals surface area contributed by atoms with Crippen LogP contribution in [0.3, 0.4) is 0 Å². The molecule has 0 aliphatic rings. The number of ether oxygens (including phenoxy) is 2. The first-order valence-electron chi connectivity index (χ1n) is 26.3. The largest absolute Gasteiger partial charge is 0.481 e. The van der Waals surface area contributed by atoms with Crippen molar-refractivity contribution >= 4 is 105 Å². The minimum Gasteiger partial charge on any atom is -0.481 e. The molecule has 0 radical (unpaired) electrons. The molecule has 0 aromatic carbocycles. The number of pyridine rings is 7. The van der Waals surface area contributed by atoms with Gasteiger partial charge in [0.1, 0.15) is 50.0 Å². The standard InChI is InChI=1S/2C7H14O2.6C5H4ClN.C5H6N2.C3H9N.C3H5N.C2H5Cl.C2H4O2.C2H6O/c2*1-3-4-5-7(8)6-9-2;7*6-5-3-1-2-4-7-5;2*1-2-3-4;1-2-3;1-2(3)4;1-2-3/h2*3-6H2,1-2H3;6*1-4H;1-4H,(H2,6,7);2-4H2,1H3;2H2,1H3;2H2,1H3;1H3,(H,3,4);3H,2H2,1H3. The first kappa shape index (κ1) is 92.7. The summed E-state index contributed by atoms with van der Waals surface area (Å²) in [5, 5.41) is 25.9. The first-order chi connectivity index (χ1) is 40.8. The Balaban J connectivity index is -0.000000156. The molecule has 7 aromatic rings. The molecule has 0 spiro atoms. The molecule has 6 N–H and O–H groups in total. The van der Waals surface area contributed by atoms with Gasteiger partial charge in [-0.05, 0) is 118 Å². The van der Waals surface area contributed by atoms with Crippen LogP contribution in [0.2, 0.25) is 30.9 Å². The van der Waals surface area contributed by atoms with Crippen molar-refractivity contribution in [2.24, 2.45) is 5.73 Å². The topological polar surface area (TPSA) is 276 Å². The maximum Gasteiger partial charge on any atom is 0.300 e. The first-order valence-corrected chi connectivity index (χ1v) is 29.1. The van der Waals surface area contributed by atoms with Gasteiger partial charge in [-0.3, -0.25) is 14.4 Å². The third-order valence-corrected chi connectivity index (χ3v) is 8.48. The second-order valence-corrected chi connectivity index (χ2v) is 17.6. The minimum absolute atomic E-state index is 0.208. The molecule has 7 rings (SSSR count). The number of nitrogen functional groups attached to an aromatic ring is 1. The molecule has 0 unspecified atom stereocenters. The average molecular weight is 1320 g/mol. The number of carboxylic acid groups (broad SMARTS) is 1. The lowest BCUT2D eigenvalue weighted by atomic mass is 10.2. The third-order valence-electron chi connectivity index (χ3n) is 7.14. The van der Waals surface area contributed by atoms with E-state index in [-0.39, 0.29) is 31.4 Å². The zero-order valence-corrected chi connectivity index (χ0v) is 55.5. The van der Waals surface area contributed by atoms with Crippen molar-refractivity contribution in [3.63, 3.8) is 0 Å². The Morgan fingerprint density at radius 1 is 0.494 bits per heavy atom. The lowest BCUT2D eigenvalue weighted by Crippen LogP contribution is -2.05. The summed E-state index contributed by atoms with van der Waals surface area (Å²) in [7, 11) is 3.09. The van der Waals surface area contributed by atoms with Crippen LogP contribution in [0.15, 0.2) is 171 Å². The van der Waals surface area contributed by atoms with Gasteiger partial charge in [0.25, 0.3) is 5.97 Å². The van der Waals surface area contributed by atoms with Crippen molar-refractivity contribution in [2.45, 2.75) is 99.8 Å². The summed E-state index contributed by atoms with van der Waals surface area (Å²) < 4.78 is 9.30. The van der Waals surface area contributed by atoms with Gasteiger partial charge in [0.05, 0.1) is 6.07 Å². The van der Waals surface area contributed by atoms with Gasteiger partial charge in [-0.1, -0.05) is 160 Å². The van der Waals surface area contributed by atoms with Crippen LogP contribution in [0.4, 0.5) is 5.82 Å². The number of aromatic nitrogens is 7. The van der Waals surface area contributed by atoms with Gasteiger partial charge in [0.15, 0.2) is 11.6 Å². The number of Topliss-reactive ketones (excluding diaryl/α,β-unsaturated/α-hetero) is 2. The van der Waals surface area contributed by atoms with E-state index in [1.54, 1.807) is 107 Å². The summed E-state index contributed by atoms with van der Waals surface area (Å²) in [4.78, 5) is 56.6. The summed E-state index contributed by atoms with van der Waals surface area (Å²) in [6, 6.07) is 39.8. The average Bonchev–Trinajstić information content (AvgIpc) is 3.50. The number of alkyl halides is 1. The monoisotopic (exact) mass is 1320 g/mol. The van der Waals surface area contributed by atoms with E-state index in [4.69, 9.17) is 113 Å². The van der Waals surface area contributed by atoms with Crippen LogP contribution < -0.4 is 11.5 Å². The van der Waals surface area contributed by atoms with Crippen LogP contribution >= 0.6 is 81.2 Å². The zero-order chi connectivity index (χ0) is 65.8. The Kier molecular flexibility index (Phi) is 89.7. The molecule has 0 aliphatic carbocycles. The highest BCUT2D eigenvalue weighted by Gasteiger charge is 1.98. The second kappa shape index (κ2) is 82.2. The highest BCUT2D eigenvalue weighted by molar-refractivity contribution is 6.30. The number of anilines is 1. The molecule has 7 heterocycles. The van der Waals surface area contributed by atoms with E-state index in [0.717, 1.165) is 51.5 Å². The number of ketones is 2. The quantitative estimate of drug-likeness (QED) is 0.0692. The number of nitrogens with zero attached hydrogens (tertiary/aromatic N) is 8. The Labute approximate surface area is 540 Å². The Morgan fingerprint density at radius 3 is 0.776 bits per heavy atom. The van der Waals surface area contributed by atoms with Crippen molar-refractivity contribution < 1.29 is 34.1 Å². The zero-order valence-electron chi connectivity index (χ0n) is 50.2. The maximum atomic E-state index is 10.7. The molecule has 0 amide bonds. The van der Waals surface area contributed by atoms with Crippen LogP contribution in [0, 0.1) is 11.3 Å². The molecular weight excluding hydrogens is 1230 g/mol. The number of nitriles is 1. The van der Waals surface area contributed by atoms with Crippen molar-refractivity contribution in [2.75, 3.05) is 52.2 Å². The van der Waals surface area contributed by atoms with Gasteiger partial charge in [0.2, 0.25) is 0 Å². The lowest BCUT2D eigenvalue weighted by molar-refractivity contribution is -0.134. The van der Waals surface area contributed by atoms with E-state index < -0.39 is 5.97 Å². The number of carbonyl (C=O) groups is 3. The number of methoxy groups -OCH3 is 2. The maximum absolute atomic E-state index is 10.7. The van der Waals surface area contributed by atoms with Crippen molar-refractivity contribution in [1.82, 2.24) is 34.9 Å². The van der Waals surface area contributed by atoms with E-state index in [1.165, 1.54) is 0 Å². The fourth-order valence-electron chi connectivity index (χ4n) is 3.64. The number of hydrogen-bond donors (Lipinski definition) is 4. The smallest absolute Gasteiger partial charge is 0.300 e. The number of unbranched alkanes of at least 4 members (excludes halogenated alkanes) is 2. The molecule has 17 nitrogen and oxygen atoms in total. The number of aliphatic hydroxyl groups is 1. The summed E-state index contributed by atoms with van der Waals surface area (Å²) in [6.45, 7) is 14.3. The number of rotatable bonds is 11. The summed E-state index contributed by atoms with van der Waals surface area (Å²) in [6.07, 6.45) is 18.8. The van der Waals surface area contributed by atoms with E-state index in [1.807, 2.05) is 105 Å². The number of hydrogen-bond acceptors (Lipinski definition) is 16. The normalized spacial score (nSPS) is 8.34. The van der Waals surface area contributed by atoms with Gasteiger partial charge in [-0.25, -0.2) is 34.9 Å². The van der Waals surface area contributed by atoms with Crippen molar-refractivity contribution in [3.8, 4) is 6.07 Å². The van der Waals surface area contributed by atoms with E-state index in [9.17, 15) is 9.59 Å². The second-order valence-electron chi connectivity index (χ2n) is 14.7. The molecule has 0 atom stereocenters. The number of carboxylic acids is 1. The molecule has 7 aromatic heterocycles. The van der Waals surface area contributed by atoms with Gasteiger partial charge in [0, 0.05) is 96.3 Å². The van der Waals surface area contributed by atoms with Gasteiger partial charge in [-0.15, -0.1) is 11.6 Å². The van der Waals surface area contributed by atoms with Crippen LogP contribution in [-0.4, -0.2) is 109 Å². The molecule has 85 heavy (non-hydrogen) atoms. The van der Waals surface area contributed by atoms with Crippen LogP contribution in [0.1, 0.15) is 99.8 Å². The highest BCUT2D eigenvalue weighted by Crippen LogP contribution is 2.02. The third kappa shape index (κ3) is 103. The predicted molar refractivity (Wildman–Crippen MR) is 355 cm³/mol. The SMILES string of the molecule is CC(=O)O.CCC#N.CCCCC(=O)COC.CCCCC(=O)COC.CCCN.CCCl.CCO.Clc1ccccn1.Clc1ccccn1.Clc1ccccn1.Clc1ccccn1.Clc1ccccn1.Clc1ccccn1.Nc1ccccn1. The number of carbonyl (C=O) groups excluding carboxylic acids is 2. The number of nitrogens with two attached hydrogens (primary N) is 2. The van der Waals surface area contributed by atoms with Crippen LogP contribution in [-0.2, 0) is 23.9 Å². The van der Waals surface area contributed by atoms with E-state index >= 15 is 0 Å². The van der Waals surface area contributed by atoms with Crippen molar-refractivity contribution in [3.05, 3.63) is 202 Å². The Hall–Kier alpha value is -5.98. The Bertz CT molecular complexity index is 2010. The van der Waals surface area contributed by atoms with E-state index in [2.05, 4.69) is 65.1 Å². The van der Waals surface area contributed by atoms with Crippen LogP contribution in [0.5, 0.6) is 0 Å². The lowest BCUT2D eigenvalue weighted by Gasteiger charge is -1.95. The molecular formula is C61H87Cl7N10O7. The fourth-order valence-corrected chi connectivity index (χ4v) is 4.42. The predicted octanol–water partition coefficient (Wildman–Crippen LogP) is 16.5. The van der Waals surface area contributed by atoms with Crippen LogP contribution in [0.25, 0.3) is 0 Å². The van der Waals surface area contributed by atoms with Gasteiger partial charge < -0.3 is 31.2 Å². The summed E-state index contributed by atoms with van der Waals surface area (Å²) >= 11 is 37.6. The minimum atomic E-state index is -0.833. The molecule has 0 aliphatic heterocycles. The molecule has 0 bridgehead atoms. The molecule has 0 fully saturated rings. The molecule has 0 saturated carbocycles. The highest BCUT2D eigenvalue weighted by atomic mass is 35.5. The fraction of sp³-hybridized carbons (Fsp3) is 0.361. The number of aliphatic carboxylic acids is 1. The number of halogens is 7. The molecule has 0 saturated heterocycles. The molecule has 472 valence electrons. The summed E-state index contributed by atoms with van der Waals surface area (Å²) in [5.74, 6) is 0.876.